The van der Waals surface area contributed by atoms with Crippen molar-refractivity contribution in [2.24, 2.45) is 0 Å². The summed E-state index contributed by atoms with van der Waals surface area (Å²) >= 11 is 0. The first kappa shape index (κ1) is 14.8. The van der Waals surface area contributed by atoms with Gasteiger partial charge in [-0.2, -0.15) is 13.2 Å². The third kappa shape index (κ3) is 2.75. The molecule has 4 nitrogen and oxygen atoms in total. The SMILES string of the molecule is [C-]#[N+]/C(C#N)=c1/cc/c(=C(\C#N)[N+]#[C-])c(C(F)(F)F)c1. The Bertz CT molecular complexity index is 805. The second-order valence-electron chi connectivity index (χ2n) is 3.40. The molecule has 1 aromatic rings. The monoisotopic (exact) mass is 272 g/mol. The molecule has 0 saturated heterocycles. The summed E-state index contributed by atoms with van der Waals surface area (Å²) in [6, 6.07) is 5.48. The fraction of sp³-hybridized carbons (Fsp3) is 0.0769. The predicted molar refractivity (Wildman–Crippen MR) is 61.9 cm³/mol. The summed E-state index contributed by atoms with van der Waals surface area (Å²) in [6.07, 6.45) is -4.80. The predicted octanol–water partition coefficient (Wildman–Crippen LogP) is 1.81. The number of benzene rings is 1. The van der Waals surface area contributed by atoms with Gasteiger partial charge in [0.05, 0.1) is 30.8 Å². The largest absolute Gasteiger partial charge is 0.415 e. The highest BCUT2D eigenvalue weighted by Gasteiger charge is 2.32. The smallest absolute Gasteiger partial charge is 0.226 e. The molecule has 0 radical (unpaired) electrons. The summed E-state index contributed by atoms with van der Waals surface area (Å²) in [6.45, 7) is 13.4. The molecule has 0 bridgehead atoms. The molecule has 0 fully saturated rings. The summed E-state index contributed by atoms with van der Waals surface area (Å²) < 4.78 is 38.8. The third-order valence-electron chi connectivity index (χ3n) is 2.29. The Morgan fingerprint density at radius 2 is 1.60 bits per heavy atom. The molecule has 0 aliphatic rings. The molecule has 7 heteroatoms. The molecule has 0 amide bonds. The number of rotatable bonds is 0. The van der Waals surface area contributed by atoms with Crippen molar-refractivity contribution in [2.75, 3.05) is 0 Å². The Morgan fingerprint density at radius 3 is 2.00 bits per heavy atom. The van der Waals surface area contributed by atoms with Gasteiger partial charge in [-0.1, -0.05) is 18.2 Å². The molecular weight excluding hydrogens is 269 g/mol. The number of nitrogens with zero attached hydrogens (tertiary/aromatic N) is 4. The van der Waals surface area contributed by atoms with Gasteiger partial charge >= 0.3 is 6.18 Å². The average Bonchev–Trinajstić information content (AvgIpc) is 2.41. The Kier molecular flexibility index (Phi) is 4.11. The summed E-state index contributed by atoms with van der Waals surface area (Å²) in [4.78, 5) is 5.56. The molecule has 0 spiro atoms. The number of hydrogen-bond acceptors (Lipinski definition) is 2. The van der Waals surface area contributed by atoms with E-state index in [1.165, 1.54) is 12.1 Å². The lowest BCUT2D eigenvalue weighted by Gasteiger charge is -2.08. The fourth-order valence-electron chi connectivity index (χ4n) is 1.43. The van der Waals surface area contributed by atoms with Gasteiger partial charge < -0.3 is 0 Å². The minimum atomic E-state index is -4.80. The van der Waals surface area contributed by atoms with Crippen LogP contribution in [0.2, 0.25) is 0 Å². The number of halogens is 3. The molecule has 0 aliphatic heterocycles. The van der Waals surface area contributed by atoms with E-state index < -0.39 is 28.4 Å². The van der Waals surface area contributed by atoms with Crippen LogP contribution in [0.25, 0.3) is 21.1 Å². The average molecular weight is 272 g/mol. The van der Waals surface area contributed by atoms with Crippen molar-refractivity contribution < 1.29 is 13.2 Å². The van der Waals surface area contributed by atoms with Gasteiger partial charge in [0.25, 0.3) is 11.4 Å². The van der Waals surface area contributed by atoms with Crippen LogP contribution in [-0.4, -0.2) is 0 Å². The molecule has 0 saturated carbocycles. The maximum atomic E-state index is 12.9. The van der Waals surface area contributed by atoms with Gasteiger partial charge in [0.2, 0.25) is 0 Å². The zero-order chi connectivity index (χ0) is 15.3. The van der Waals surface area contributed by atoms with Crippen molar-refractivity contribution in [3.63, 3.8) is 0 Å². The van der Waals surface area contributed by atoms with Gasteiger partial charge in [-0.3, -0.25) is 0 Å². The van der Waals surface area contributed by atoms with Gasteiger partial charge in [0, 0.05) is 5.22 Å². The van der Waals surface area contributed by atoms with Crippen molar-refractivity contribution in [3.8, 4) is 12.1 Å². The number of alkyl halides is 3. The lowest BCUT2D eigenvalue weighted by Crippen LogP contribution is -2.24. The van der Waals surface area contributed by atoms with E-state index in [0.717, 1.165) is 12.1 Å². The Balaban J connectivity index is 4.03. The maximum Gasteiger partial charge on any atom is 0.415 e. The molecule has 0 aromatic heterocycles. The van der Waals surface area contributed by atoms with Crippen LogP contribution in [-0.2, 0) is 6.18 Å². The Labute approximate surface area is 111 Å². The highest BCUT2D eigenvalue weighted by atomic mass is 19.4. The van der Waals surface area contributed by atoms with E-state index in [0.29, 0.717) is 6.07 Å². The standard InChI is InChI=1S/C13H3F3N4/c1-19-11(6-17)8-3-4-9(12(7-18)20-2)10(5-8)13(14,15)16/h3-5H/b11-8-,12-9-. The first-order chi connectivity index (χ1) is 9.38. The minimum Gasteiger partial charge on any atom is -0.226 e. The van der Waals surface area contributed by atoms with Crippen LogP contribution in [0.5, 0.6) is 0 Å². The summed E-state index contributed by atoms with van der Waals surface area (Å²) in [5, 5.41) is 16.5. The van der Waals surface area contributed by atoms with Gasteiger partial charge in [0.1, 0.15) is 0 Å². The lowest BCUT2D eigenvalue weighted by molar-refractivity contribution is -0.138. The van der Waals surface area contributed by atoms with Crippen LogP contribution in [0.4, 0.5) is 13.2 Å². The zero-order valence-electron chi connectivity index (χ0n) is 9.65. The van der Waals surface area contributed by atoms with Crippen LogP contribution in [0.15, 0.2) is 18.2 Å². The normalized spacial score (nSPS) is 13.2. The van der Waals surface area contributed by atoms with Crippen LogP contribution in [0, 0.1) is 35.8 Å². The van der Waals surface area contributed by atoms with E-state index in [9.17, 15) is 13.2 Å². The van der Waals surface area contributed by atoms with E-state index in [4.69, 9.17) is 23.7 Å². The van der Waals surface area contributed by atoms with E-state index >= 15 is 0 Å². The van der Waals surface area contributed by atoms with E-state index in [2.05, 4.69) is 9.69 Å². The fourth-order valence-corrected chi connectivity index (χ4v) is 1.43. The quantitative estimate of drug-likeness (QED) is 0.676. The van der Waals surface area contributed by atoms with E-state index in [1.807, 2.05) is 0 Å². The zero-order valence-corrected chi connectivity index (χ0v) is 9.65. The van der Waals surface area contributed by atoms with Crippen molar-refractivity contribution in [2.45, 2.75) is 6.18 Å². The van der Waals surface area contributed by atoms with Crippen molar-refractivity contribution in [3.05, 3.63) is 57.0 Å². The topological polar surface area (TPSA) is 56.3 Å². The Hall–Kier alpha value is -3.29. The van der Waals surface area contributed by atoms with Gasteiger partial charge in [-0.05, 0) is 5.22 Å². The molecule has 96 valence electrons. The molecule has 0 unspecified atom stereocenters. The Morgan fingerprint density at radius 1 is 1.05 bits per heavy atom. The maximum absolute atomic E-state index is 12.9. The molecule has 0 N–H and O–H groups in total. The lowest BCUT2D eigenvalue weighted by atomic mass is 10.1. The molecule has 1 aromatic carbocycles. The second kappa shape index (κ2) is 5.57. The second-order valence-corrected chi connectivity index (χ2v) is 3.40. The highest BCUT2D eigenvalue weighted by molar-refractivity contribution is 5.68. The molecule has 0 atom stereocenters. The molecule has 0 aliphatic carbocycles. The summed E-state index contributed by atoms with van der Waals surface area (Å²) in [5.74, 6) is 0. The van der Waals surface area contributed by atoms with Gasteiger partial charge in [0.15, 0.2) is 0 Å². The van der Waals surface area contributed by atoms with E-state index in [-0.39, 0.29) is 5.22 Å². The number of nitriles is 2. The minimum absolute atomic E-state index is 0.208. The molecule has 20 heavy (non-hydrogen) atoms. The van der Waals surface area contributed by atoms with Gasteiger partial charge in [-0.25, -0.2) is 20.2 Å². The third-order valence-corrected chi connectivity index (χ3v) is 2.29. The first-order valence-electron chi connectivity index (χ1n) is 4.90. The van der Waals surface area contributed by atoms with Gasteiger partial charge in [-0.15, -0.1) is 0 Å². The molecular formula is C13H3F3N4. The van der Waals surface area contributed by atoms with Crippen LogP contribution in [0.1, 0.15) is 5.56 Å². The van der Waals surface area contributed by atoms with Crippen molar-refractivity contribution in [1.29, 1.82) is 10.5 Å². The van der Waals surface area contributed by atoms with Crippen molar-refractivity contribution in [1.82, 2.24) is 0 Å². The molecule has 1 rings (SSSR count). The number of hydrogen-bond donors (Lipinski definition) is 0. The first-order valence-corrected chi connectivity index (χ1v) is 4.90. The van der Waals surface area contributed by atoms with Crippen molar-refractivity contribution >= 4 is 11.4 Å². The molecule has 0 heterocycles. The van der Waals surface area contributed by atoms with Crippen LogP contribution >= 0.6 is 0 Å². The summed E-state index contributed by atoms with van der Waals surface area (Å²) in [5.41, 5.74) is -2.42. The highest BCUT2D eigenvalue weighted by Crippen LogP contribution is 2.26. The van der Waals surface area contributed by atoms with Crippen LogP contribution in [0.3, 0.4) is 0 Å². The van der Waals surface area contributed by atoms with Crippen LogP contribution < -0.4 is 10.4 Å². The summed E-state index contributed by atoms with van der Waals surface area (Å²) in [7, 11) is 0. The van der Waals surface area contributed by atoms with E-state index in [1.54, 1.807) is 0 Å².